The Balaban J connectivity index is 2.21. The predicted molar refractivity (Wildman–Crippen MR) is 69.0 cm³/mol. The fourth-order valence-electron chi connectivity index (χ4n) is 1.81. The number of halogens is 2. The van der Waals surface area contributed by atoms with Gasteiger partial charge >= 0.3 is 6.61 Å². The number of hydrogen-bond donors (Lipinski definition) is 0. The van der Waals surface area contributed by atoms with Crippen LogP contribution in [0.5, 0.6) is 5.75 Å². The van der Waals surface area contributed by atoms with Gasteiger partial charge in [0.15, 0.2) is 0 Å². The van der Waals surface area contributed by atoms with Gasteiger partial charge in [-0.2, -0.15) is 14.0 Å². The SMILES string of the molecule is Cn1cnc(C(=O)C(C#N)c2ccc(OC(F)F)cc2)c1. The van der Waals surface area contributed by atoms with Crippen molar-refractivity contribution < 1.29 is 18.3 Å². The van der Waals surface area contributed by atoms with Crippen LogP contribution >= 0.6 is 0 Å². The lowest BCUT2D eigenvalue weighted by Crippen LogP contribution is -2.12. The molecule has 1 aromatic carbocycles. The lowest BCUT2D eigenvalue weighted by molar-refractivity contribution is -0.0498. The Morgan fingerprint density at radius 2 is 2.05 bits per heavy atom. The summed E-state index contributed by atoms with van der Waals surface area (Å²) in [5, 5.41) is 9.18. The Bertz CT molecular complexity index is 674. The normalized spacial score (nSPS) is 12.0. The fraction of sp³-hybridized carbons (Fsp3) is 0.214. The highest BCUT2D eigenvalue weighted by Gasteiger charge is 2.23. The van der Waals surface area contributed by atoms with Crippen molar-refractivity contribution in [3.05, 3.63) is 48.0 Å². The van der Waals surface area contributed by atoms with Crippen molar-refractivity contribution in [1.29, 1.82) is 5.26 Å². The van der Waals surface area contributed by atoms with E-state index in [1.807, 2.05) is 6.07 Å². The van der Waals surface area contributed by atoms with Crippen LogP contribution in [0.4, 0.5) is 8.78 Å². The number of rotatable bonds is 5. The van der Waals surface area contributed by atoms with Crippen molar-refractivity contribution in [2.75, 3.05) is 0 Å². The van der Waals surface area contributed by atoms with E-state index in [1.165, 1.54) is 36.8 Å². The quantitative estimate of drug-likeness (QED) is 0.794. The van der Waals surface area contributed by atoms with E-state index in [0.29, 0.717) is 5.56 Å². The number of Topliss-reactive ketones (excluding diaryl/α,β-unsaturated/α-hetero) is 1. The smallest absolute Gasteiger partial charge is 0.387 e. The Hall–Kier alpha value is -2.75. The molecule has 0 amide bonds. The third kappa shape index (κ3) is 3.42. The second-order valence-electron chi connectivity index (χ2n) is 4.30. The minimum Gasteiger partial charge on any atom is -0.435 e. The summed E-state index contributed by atoms with van der Waals surface area (Å²) in [5.74, 6) is -1.52. The molecule has 0 saturated heterocycles. The van der Waals surface area contributed by atoms with E-state index in [2.05, 4.69) is 9.72 Å². The zero-order valence-corrected chi connectivity index (χ0v) is 11.0. The van der Waals surface area contributed by atoms with Gasteiger partial charge in [0.05, 0.1) is 12.4 Å². The molecular formula is C14H11F2N3O2. The van der Waals surface area contributed by atoms with Gasteiger partial charge in [0.2, 0.25) is 5.78 Å². The van der Waals surface area contributed by atoms with Crippen molar-refractivity contribution >= 4 is 5.78 Å². The largest absolute Gasteiger partial charge is 0.435 e. The minimum absolute atomic E-state index is 0.0317. The summed E-state index contributed by atoms with van der Waals surface area (Å²) in [7, 11) is 1.71. The number of benzene rings is 1. The topological polar surface area (TPSA) is 67.9 Å². The average Bonchev–Trinajstić information content (AvgIpc) is 2.87. The first kappa shape index (κ1) is 14.7. The third-order valence-electron chi connectivity index (χ3n) is 2.79. The van der Waals surface area contributed by atoms with Crippen LogP contribution in [0.15, 0.2) is 36.8 Å². The monoisotopic (exact) mass is 291 g/mol. The van der Waals surface area contributed by atoms with Crippen LogP contribution in [0, 0.1) is 11.3 Å². The maximum absolute atomic E-state index is 12.2. The summed E-state index contributed by atoms with van der Waals surface area (Å²) >= 11 is 0. The maximum Gasteiger partial charge on any atom is 0.387 e. The zero-order valence-electron chi connectivity index (χ0n) is 11.0. The molecule has 1 atom stereocenters. The van der Waals surface area contributed by atoms with Crippen LogP contribution in [0.3, 0.4) is 0 Å². The number of hydrogen-bond acceptors (Lipinski definition) is 4. The molecule has 0 spiro atoms. The number of carbonyl (C=O) groups excluding carboxylic acids is 1. The van der Waals surface area contributed by atoms with Gasteiger partial charge in [0.25, 0.3) is 0 Å². The van der Waals surface area contributed by atoms with Crippen molar-refractivity contribution in [1.82, 2.24) is 9.55 Å². The van der Waals surface area contributed by atoms with E-state index in [0.717, 1.165) is 0 Å². The second-order valence-corrected chi connectivity index (χ2v) is 4.30. The van der Waals surface area contributed by atoms with E-state index in [9.17, 15) is 18.8 Å². The van der Waals surface area contributed by atoms with Crippen molar-refractivity contribution in [3.63, 3.8) is 0 Å². The number of nitriles is 1. The molecule has 0 N–H and O–H groups in total. The van der Waals surface area contributed by atoms with Crippen molar-refractivity contribution in [3.8, 4) is 11.8 Å². The summed E-state index contributed by atoms with van der Waals surface area (Å²) in [6.45, 7) is -2.92. The zero-order chi connectivity index (χ0) is 15.4. The van der Waals surface area contributed by atoms with Crippen molar-refractivity contribution in [2.24, 2.45) is 7.05 Å². The third-order valence-corrected chi connectivity index (χ3v) is 2.79. The summed E-state index contributed by atoms with van der Waals surface area (Å²) in [5.41, 5.74) is 0.576. The van der Waals surface area contributed by atoms with Gasteiger partial charge in [-0.3, -0.25) is 4.79 Å². The van der Waals surface area contributed by atoms with Crippen molar-refractivity contribution in [2.45, 2.75) is 12.5 Å². The van der Waals surface area contributed by atoms with E-state index in [1.54, 1.807) is 11.6 Å². The number of alkyl halides is 2. The first-order chi connectivity index (χ1) is 10.0. The summed E-state index contributed by atoms with van der Waals surface area (Å²) in [6.07, 6.45) is 2.97. The van der Waals surface area contributed by atoms with Gasteiger partial charge in [-0.25, -0.2) is 4.98 Å². The molecule has 0 radical (unpaired) electrons. The summed E-state index contributed by atoms with van der Waals surface area (Å²) in [4.78, 5) is 16.1. The highest BCUT2D eigenvalue weighted by molar-refractivity contribution is 6.01. The highest BCUT2D eigenvalue weighted by Crippen LogP contribution is 2.23. The molecule has 108 valence electrons. The highest BCUT2D eigenvalue weighted by atomic mass is 19.3. The van der Waals surface area contributed by atoms with E-state index in [4.69, 9.17) is 0 Å². The van der Waals surface area contributed by atoms with E-state index < -0.39 is 18.3 Å². The molecule has 2 rings (SSSR count). The summed E-state index contributed by atoms with van der Waals surface area (Å²) in [6, 6.07) is 7.30. The lowest BCUT2D eigenvalue weighted by atomic mass is 9.94. The molecular weight excluding hydrogens is 280 g/mol. The Labute approximate surface area is 119 Å². The Kier molecular flexibility index (Phi) is 4.28. The van der Waals surface area contributed by atoms with Crippen LogP contribution < -0.4 is 4.74 Å². The second kappa shape index (κ2) is 6.13. The molecule has 0 saturated carbocycles. The van der Waals surface area contributed by atoms with Gasteiger partial charge in [-0.15, -0.1) is 0 Å². The standard InChI is InChI=1S/C14H11F2N3O2/c1-19-7-12(18-8-19)13(20)11(6-17)9-2-4-10(5-3-9)21-14(15)16/h2-5,7-8,11,14H,1H3. The van der Waals surface area contributed by atoms with Gasteiger partial charge in [-0.1, -0.05) is 12.1 Å². The van der Waals surface area contributed by atoms with Crippen LogP contribution in [-0.4, -0.2) is 21.9 Å². The molecule has 21 heavy (non-hydrogen) atoms. The number of ketones is 1. The van der Waals surface area contributed by atoms with Gasteiger partial charge in [-0.05, 0) is 17.7 Å². The number of aromatic nitrogens is 2. The fourth-order valence-corrected chi connectivity index (χ4v) is 1.81. The number of aryl methyl sites for hydroxylation is 1. The van der Waals surface area contributed by atoms with Gasteiger partial charge in [0.1, 0.15) is 17.4 Å². The van der Waals surface area contributed by atoms with Gasteiger partial charge in [0, 0.05) is 13.2 Å². The molecule has 7 heteroatoms. The van der Waals surface area contributed by atoms with Crippen LogP contribution in [0.2, 0.25) is 0 Å². The molecule has 2 aromatic rings. The van der Waals surface area contributed by atoms with Crippen LogP contribution in [0.1, 0.15) is 22.0 Å². The molecule has 1 aromatic heterocycles. The molecule has 0 bridgehead atoms. The first-order valence-electron chi connectivity index (χ1n) is 5.98. The van der Waals surface area contributed by atoms with E-state index in [-0.39, 0.29) is 11.4 Å². The first-order valence-corrected chi connectivity index (χ1v) is 5.98. The van der Waals surface area contributed by atoms with Crippen LogP contribution in [0.25, 0.3) is 0 Å². The molecule has 0 aliphatic heterocycles. The molecule has 0 aliphatic carbocycles. The predicted octanol–water partition coefficient (Wildman–Crippen LogP) is 2.51. The van der Waals surface area contributed by atoms with E-state index >= 15 is 0 Å². The average molecular weight is 291 g/mol. The Morgan fingerprint density at radius 3 is 2.52 bits per heavy atom. The van der Waals surface area contributed by atoms with Gasteiger partial charge < -0.3 is 9.30 Å². The number of carbonyl (C=O) groups is 1. The molecule has 0 aliphatic rings. The summed E-state index contributed by atoms with van der Waals surface area (Å²) < 4.78 is 29.9. The number of imidazole rings is 1. The minimum atomic E-state index is -2.92. The number of nitrogens with zero attached hydrogens (tertiary/aromatic N) is 3. The Morgan fingerprint density at radius 1 is 1.38 bits per heavy atom. The van der Waals surface area contributed by atoms with Crippen LogP contribution in [-0.2, 0) is 7.05 Å². The molecule has 5 nitrogen and oxygen atoms in total. The number of ether oxygens (including phenoxy) is 1. The molecule has 1 unspecified atom stereocenters. The molecule has 1 heterocycles. The molecule has 0 fully saturated rings. The maximum atomic E-state index is 12.2. The lowest BCUT2D eigenvalue weighted by Gasteiger charge is -2.09.